The van der Waals surface area contributed by atoms with Gasteiger partial charge < -0.3 is 9.36 Å². The van der Waals surface area contributed by atoms with Gasteiger partial charge in [-0.25, -0.2) is 19.0 Å². The fourth-order valence-electron chi connectivity index (χ4n) is 2.72. The van der Waals surface area contributed by atoms with E-state index in [0.717, 1.165) is 9.36 Å². The molecule has 4 aromatic heterocycles. The van der Waals surface area contributed by atoms with Crippen molar-refractivity contribution in [3.63, 3.8) is 0 Å². The number of aromatic nitrogens is 6. The van der Waals surface area contributed by atoms with Crippen LogP contribution in [0.15, 0.2) is 36.4 Å². The van der Waals surface area contributed by atoms with Gasteiger partial charge in [0.2, 0.25) is 0 Å². The second kappa shape index (κ2) is 8.09. The smallest absolute Gasteiger partial charge is 0.338 e. The third kappa shape index (κ3) is 3.91. The summed E-state index contributed by atoms with van der Waals surface area (Å²) < 4.78 is 54.7. The van der Waals surface area contributed by atoms with E-state index >= 15 is 0 Å². The molecule has 4 heterocycles. The first-order valence-corrected chi connectivity index (χ1v) is 8.38. The minimum Gasteiger partial charge on any atom is -0.338 e. The van der Waals surface area contributed by atoms with Crippen LogP contribution >= 0.6 is 0 Å². The van der Waals surface area contributed by atoms with Gasteiger partial charge in [-0.2, -0.15) is 0 Å². The van der Waals surface area contributed by atoms with Crippen LogP contribution in [0.3, 0.4) is 0 Å². The molecule has 156 valence electrons. The Hall–Kier alpha value is -2.90. The summed E-state index contributed by atoms with van der Waals surface area (Å²) in [5.74, 6) is -4.64. The van der Waals surface area contributed by atoms with Crippen LogP contribution in [0.4, 0.5) is 17.6 Å². The van der Waals surface area contributed by atoms with E-state index in [1.54, 1.807) is 24.3 Å². The van der Waals surface area contributed by atoms with Crippen molar-refractivity contribution in [3.05, 3.63) is 83.7 Å². The largest absolute Gasteiger partial charge is 2.00 e. The number of halogens is 4. The van der Waals surface area contributed by atoms with Gasteiger partial charge in [0.1, 0.15) is 0 Å². The van der Waals surface area contributed by atoms with Gasteiger partial charge >= 0.3 is 20.4 Å². The molecular weight excluding hydrogens is 495 g/mol. The van der Waals surface area contributed by atoms with E-state index in [9.17, 15) is 17.6 Å². The Bertz CT molecular complexity index is 1070. The maximum atomic E-state index is 13.2. The summed E-state index contributed by atoms with van der Waals surface area (Å²) >= 11 is 0. The Morgan fingerprint density at radius 3 is 1.47 bits per heavy atom. The summed E-state index contributed by atoms with van der Waals surface area (Å²) in [6, 6.07) is 9.79. The molecule has 0 spiro atoms. The van der Waals surface area contributed by atoms with Crippen molar-refractivity contribution in [2.45, 2.75) is 19.3 Å². The number of pyridine rings is 2. The molecule has 0 aliphatic carbocycles. The van der Waals surface area contributed by atoms with Crippen molar-refractivity contribution in [1.29, 1.82) is 0 Å². The van der Waals surface area contributed by atoms with Crippen LogP contribution in [0, 0.1) is 35.9 Å². The zero-order chi connectivity index (χ0) is 20.8. The molecule has 0 radical (unpaired) electrons. The van der Waals surface area contributed by atoms with Gasteiger partial charge in [-0.05, 0) is 38.4 Å². The standard InChI is InChI=1S/C19H12F4N6.Pd/c1-19(2,13-5-3-7-15(24-13)28-9-11(20)17(22)26-28)14-6-4-8-16(25-14)29-10-12(21)18(23)27-29;/h3-8H,1-2H3;/q-2;+2. The molecular formula is C19H12F4N6Pd. The molecule has 4 rings (SSSR count). The predicted octanol–water partition coefficient (Wildman–Crippen LogP) is 3.33. The number of nitrogens with zero attached hydrogens (tertiary/aromatic N) is 6. The van der Waals surface area contributed by atoms with E-state index in [-0.39, 0.29) is 32.1 Å². The van der Waals surface area contributed by atoms with E-state index in [2.05, 4.69) is 32.6 Å². The van der Waals surface area contributed by atoms with E-state index < -0.39 is 28.9 Å². The zero-order valence-corrected chi connectivity index (χ0v) is 17.0. The molecule has 30 heavy (non-hydrogen) atoms. The van der Waals surface area contributed by atoms with Crippen LogP contribution in [0.5, 0.6) is 0 Å². The molecule has 0 saturated carbocycles. The average Bonchev–Trinajstić information content (AvgIpc) is 3.23. The first-order chi connectivity index (χ1) is 13.8. The third-order valence-electron chi connectivity index (χ3n) is 4.33. The van der Waals surface area contributed by atoms with Crippen LogP contribution in [-0.4, -0.2) is 29.5 Å². The minimum atomic E-state index is -1.28. The summed E-state index contributed by atoms with van der Waals surface area (Å²) in [6.07, 6.45) is 4.23. The van der Waals surface area contributed by atoms with Crippen LogP contribution in [0.25, 0.3) is 11.6 Å². The molecule has 0 amide bonds. The normalized spacial score (nSPS) is 11.4. The molecule has 4 aromatic rings. The fraction of sp³-hybridized carbons (Fsp3) is 0.158. The monoisotopic (exact) mass is 506 g/mol. The van der Waals surface area contributed by atoms with Gasteiger partial charge in [-0.15, -0.1) is 0 Å². The quantitative estimate of drug-likeness (QED) is 0.242. The maximum absolute atomic E-state index is 13.2. The Balaban J connectivity index is 0.00000256. The topological polar surface area (TPSA) is 61.4 Å². The molecule has 0 aromatic carbocycles. The third-order valence-corrected chi connectivity index (χ3v) is 4.33. The van der Waals surface area contributed by atoms with Gasteiger partial charge in [-0.1, -0.05) is 24.3 Å². The van der Waals surface area contributed by atoms with Gasteiger partial charge in [0.05, 0.1) is 23.3 Å². The van der Waals surface area contributed by atoms with E-state index in [4.69, 9.17) is 0 Å². The van der Waals surface area contributed by atoms with Crippen molar-refractivity contribution in [3.8, 4) is 11.6 Å². The first kappa shape index (κ1) is 21.8. The second-order valence-corrected chi connectivity index (χ2v) is 6.64. The van der Waals surface area contributed by atoms with E-state index in [1.807, 2.05) is 13.8 Å². The Morgan fingerprint density at radius 2 is 1.13 bits per heavy atom. The second-order valence-electron chi connectivity index (χ2n) is 6.64. The molecule has 0 bridgehead atoms. The minimum absolute atomic E-state index is 0. The fourth-order valence-corrected chi connectivity index (χ4v) is 2.72. The summed E-state index contributed by atoms with van der Waals surface area (Å²) in [5.41, 5.74) is 0.262. The van der Waals surface area contributed by atoms with E-state index in [0.29, 0.717) is 11.4 Å². The van der Waals surface area contributed by atoms with Gasteiger partial charge in [0.25, 0.3) is 0 Å². The molecule has 0 aliphatic rings. The van der Waals surface area contributed by atoms with Crippen molar-refractivity contribution in [2.75, 3.05) is 0 Å². The van der Waals surface area contributed by atoms with Crippen LogP contribution in [-0.2, 0) is 25.8 Å². The van der Waals surface area contributed by atoms with Gasteiger partial charge in [0.15, 0.2) is 11.9 Å². The van der Waals surface area contributed by atoms with Crippen molar-refractivity contribution in [2.24, 2.45) is 0 Å². The Kier molecular flexibility index (Phi) is 5.88. The van der Waals surface area contributed by atoms with Crippen LogP contribution in [0.1, 0.15) is 25.2 Å². The van der Waals surface area contributed by atoms with Crippen molar-refractivity contribution in [1.82, 2.24) is 29.5 Å². The molecule has 0 atom stereocenters. The van der Waals surface area contributed by atoms with E-state index in [1.165, 1.54) is 12.1 Å². The zero-order valence-electron chi connectivity index (χ0n) is 15.5. The molecule has 0 unspecified atom stereocenters. The van der Waals surface area contributed by atoms with Crippen molar-refractivity contribution >= 4 is 0 Å². The molecule has 11 heteroatoms. The summed E-state index contributed by atoms with van der Waals surface area (Å²) in [4.78, 5) is 8.82. The molecule has 0 N–H and O–H groups in total. The SMILES string of the molecule is CC(C)(c1cccc(-n2[c-]c(F)c(F)n2)n1)c1cccc(-n2[c-]c(F)c(F)n2)n1.[Pd+2]. The first-order valence-electron chi connectivity index (χ1n) is 8.38. The summed E-state index contributed by atoms with van der Waals surface area (Å²) in [7, 11) is 0. The number of hydrogen-bond donors (Lipinski definition) is 0. The summed E-state index contributed by atoms with van der Waals surface area (Å²) in [6.45, 7) is 3.65. The molecule has 6 nitrogen and oxygen atoms in total. The molecule has 0 aliphatic heterocycles. The Labute approximate surface area is 182 Å². The van der Waals surface area contributed by atoms with Crippen LogP contribution in [0.2, 0.25) is 0 Å². The van der Waals surface area contributed by atoms with Gasteiger partial charge in [0, 0.05) is 16.8 Å². The number of hydrogen-bond acceptors (Lipinski definition) is 4. The summed E-state index contributed by atoms with van der Waals surface area (Å²) in [5, 5.41) is 6.79. The molecule has 0 fully saturated rings. The Morgan fingerprint density at radius 1 is 0.733 bits per heavy atom. The van der Waals surface area contributed by atoms with Crippen molar-refractivity contribution < 1.29 is 38.0 Å². The van der Waals surface area contributed by atoms with Gasteiger partial charge in [-0.3, -0.25) is 18.7 Å². The average molecular weight is 507 g/mol. The van der Waals surface area contributed by atoms with Crippen LogP contribution < -0.4 is 0 Å². The maximum Gasteiger partial charge on any atom is 2.00 e. The molecule has 0 saturated heterocycles. The predicted molar refractivity (Wildman–Crippen MR) is 92.4 cm³/mol. The number of rotatable bonds is 4.